The number of amides is 1. The van der Waals surface area contributed by atoms with E-state index in [4.69, 9.17) is 4.74 Å². The van der Waals surface area contributed by atoms with E-state index in [2.05, 4.69) is 15.1 Å². The maximum absolute atomic E-state index is 12.8. The summed E-state index contributed by atoms with van der Waals surface area (Å²) in [5.74, 6) is 0.735. The molecule has 1 aliphatic heterocycles. The van der Waals surface area contributed by atoms with Gasteiger partial charge in [-0.25, -0.2) is 14.5 Å². The van der Waals surface area contributed by atoms with Crippen molar-refractivity contribution >= 4 is 5.91 Å². The van der Waals surface area contributed by atoms with Crippen LogP contribution in [0.2, 0.25) is 0 Å². The van der Waals surface area contributed by atoms with Crippen LogP contribution in [0.4, 0.5) is 0 Å². The normalized spacial score (nSPS) is 20.0. The number of hydrogen-bond donors (Lipinski definition) is 0. The molecular weight excluding hydrogens is 348 g/mol. The van der Waals surface area contributed by atoms with Crippen molar-refractivity contribution in [3.05, 3.63) is 40.6 Å². The molecular formula is C18H24N6O3. The van der Waals surface area contributed by atoms with Crippen LogP contribution in [0.3, 0.4) is 0 Å². The summed E-state index contributed by atoms with van der Waals surface area (Å²) >= 11 is 0. The molecule has 4 rings (SSSR count). The van der Waals surface area contributed by atoms with E-state index in [1.807, 2.05) is 4.57 Å². The molecule has 1 unspecified atom stereocenters. The molecule has 1 saturated heterocycles. The van der Waals surface area contributed by atoms with E-state index in [1.54, 1.807) is 18.2 Å². The van der Waals surface area contributed by atoms with Gasteiger partial charge in [0.15, 0.2) is 0 Å². The molecule has 0 spiro atoms. The van der Waals surface area contributed by atoms with E-state index in [-0.39, 0.29) is 23.6 Å². The average Bonchev–Trinajstić information content (AvgIpc) is 3.50. The fourth-order valence-electron chi connectivity index (χ4n) is 3.66. The van der Waals surface area contributed by atoms with Crippen LogP contribution >= 0.6 is 0 Å². The summed E-state index contributed by atoms with van der Waals surface area (Å²) in [6.07, 6.45) is 8.38. The van der Waals surface area contributed by atoms with Gasteiger partial charge in [-0.15, -0.1) is 0 Å². The van der Waals surface area contributed by atoms with Crippen molar-refractivity contribution < 1.29 is 9.53 Å². The fraction of sp³-hybridized carbons (Fsp3) is 0.611. The molecule has 27 heavy (non-hydrogen) atoms. The van der Waals surface area contributed by atoms with Crippen LogP contribution < -0.4 is 5.69 Å². The van der Waals surface area contributed by atoms with Crippen molar-refractivity contribution in [3.8, 4) is 0 Å². The topological polar surface area (TPSA) is 95.1 Å². The monoisotopic (exact) mass is 372 g/mol. The van der Waals surface area contributed by atoms with Crippen molar-refractivity contribution in [1.82, 2.24) is 29.2 Å². The third-order valence-electron chi connectivity index (χ3n) is 5.17. The van der Waals surface area contributed by atoms with Crippen LogP contribution in [0.1, 0.15) is 54.0 Å². The van der Waals surface area contributed by atoms with Gasteiger partial charge in [0.1, 0.15) is 11.5 Å². The Morgan fingerprint density at radius 1 is 1.30 bits per heavy atom. The van der Waals surface area contributed by atoms with Crippen LogP contribution in [-0.4, -0.2) is 61.9 Å². The maximum atomic E-state index is 12.8. The van der Waals surface area contributed by atoms with Gasteiger partial charge in [-0.2, -0.15) is 5.10 Å². The quantitative estimate of drug-likeness (QED) is 0.746. The van der Waals surface area contributed by atoms with Gasteiger partial charge in [0.05, 0.1) is 19.3 Å². The molecule has 3 heterocycles. The summed E-state index contributed by atoms with van der Waals surface area (Å²) in [4.78, 5) is 35.4. The van der Waals surface area contributed by atoms with E-state index in [1.165, 1.54) is 17.1 Å². The number of rotatable bonds is 6. The first kappa shape index (κ1) is 17.8. The second-order valence-electron chi connectivity index (χ2n) is 7.14. The van der Waals surface area contributed by atoms with E-state index >= 15 is 0 Å². The van der Waals surface area contributed by atoms with Crippen molar-refractivity contribution in [2.75, 3.05) is 26.8 Å². The molecule has 1 aliphatic carbocycles. The first-order valence-electron chi connectivity index (χ1n) is 9.42. The number of methoxy groups -OCH3 is 1. The molecule has 0 bridgehead atoms. The summed E-state index contributed by atoms with van der Waals surface area (Å²) in [7, 11) is 1.61. The first-order chi connectivity index (χ1) is 13.2. The average molecular weight is 372 g/mol. The molecule has 0 aromatic carbocycles. The van der Waals surface area contributed by atoms with Crippen molar-refractivity contribution in [1.29, 1.82) is 0 Å². The smallest absolute Gasteiger partial charge is 0.346 e. The molecule has 0 N–H and O–H groups in total. The Morgan fingerprint density at radius 2 is 2.15 bits per heavy atom. The van der Waals surface area contributed by atoms with Gasteiger partial charge < -0.3 is 9.64 Å². The fourth-order valence-corrected chi connectivity index (χ4v) is 3.66. The van der Waals surface area contributed by atoms with E-state index in [0.717, 1.165) is 31.5 Å². The highest BCUT2D eigenvalue weighted by Crippen LogP contribution is 2.37. The third-order valence-corrected chi connectivity index (χ3v) is 5.17. The molecule has 1 atom stereocenters. The second-order valence-corrected chi connectivity index (χ2v) is 7.14. The number of likely N-dealkylation sites (tertiary alicyclic amines) is 1. The van der Waals surface area contributed by atoms with Gasteiger partial charge in [-0.3, -0.25) is 14.3 Å². The Morgan fingerprint density at radius 3 is 2.85 bits per heavy atom. The number of hydrogen-bond acceptors (Lipinski definition) is 6. The van der Waals surface area contributed by atoms with Crippen LogP contribution in [-0.2, 0) is 11.3 Å². The molecule has 1 amide bonds. The van der Waals surface area contributed by atoms with Crippen LogP contribution in [0.25, 0.3) is 0 Å². The lowest BCUT2D eigenvalue weighted by molar-refractivity contribution is 0.0696. The number of ether oxygens (including phenoxy) is 1. The summed E-state index contributed by atoms with van der Waals surface area (Å²) in [5, 5.41) is 4.62. The van der Waals surface area contributed by atoms with Crippen LogP contribution in [0.15, 0.2) is 23.4 Å². The van der Waals surface area contributed by atoms with Crippen LogP contribution in [0.5, 0.6) is 0 Å². The van der Waals surface area contributed by atoms with E-state index in [0.29, 0.717) is 31.9 Å². The van der Waals surface area contributed by atoms with E-state index in [9.17, 15) is 9.59 Å². The van der Waals surface area contributed by atoms with Gasteiger partial charge >= 0.3 is 5.69 Å². The molecule has 2 fully saturated rings. The molecule has 9 nitrogen and oxygen atoms in total. The minimum absolute atomic E-state index is 0.0523. The minimum Gasteiger partial charge on any atom is -0.383 e. The highest BCUT2D eigenvalue weighted by atomic mass is 16.5. The summed E-state index contributed by atoms with van der Waals surface area (Å²) in [6.45, 7) is 2.12. The zero-order valence-corrected chi connectivity index (χ0v) is 15.5. The Labute approximate surface area is 157 Å². The minimum atomic E-state index is -0.119. The lowest BCUT2D eigenvalue weighted by Crippen LogP contribution is -2.40. The lowest BCUT2D eigenvalue weighted by Gasteiger charge is -2.32. The van der Waals surface area contributed by atoms with Gasteiger partial charge in [0, 0.05) is 44.6 Å². The molecule has 2 aromatic heterocycles. The molecule has 9 heteroatoms. The Balaban J connectivity index is 1.58. The Hall–Kier alpha value is -2.55. The second kappa shape index (κ2) is 7.59. The zero-order valence-electron chi connectivity index (χ0n) is 15.5. The SMILES string of the molecule is COCCn1nc(C2CCCN(C(=O)c3cnccn3)C2)n(C2CC2)c1=O. The Kier molecular flexibility index (Phi) is 5.02. The van der Waals surface area contributed by atoms with Crippen molar-refractivity contribution in [2.24, 2.45) is 0 Å². The highest BCUT2D eigenvalue weighted by Gasteiger charge is 2.35. The summed E-state index contributed by atoms with van der Waals surface area (Å²) < 4.78 is 8.44. The first-order valence-corrected chi connectivity index (χ1v) is 9.42. The standard InChI is InChI=1S/C18H24N6O3/c1-27-10-9-23-18(26)24(14-4-5-14)16(21-23)13-3-2-8-22(12-13)17(25)15-11-19-6-7-20-15/h6-7,11,13-14H,2-5,8-10,12H2,1H3. The third kappa shape index (κ3) is 3.64. The molecule has 144 valence electrons. The lowest BCUT2D eigenvalue weighted by atomic mass is 9.96. The highest BCUT2D eigenvalue weighted by molar-refractivity contribution is 5.92. The van der Waals surface area contributed by atoms with Gasteiger partial charge in [-0.1, -0.05) is 0 Å². The Bertz CT molecular complexity index is 858. The van der Waals surface area contributed by atoms with E-state index < -0.39 is 0 Å². The van der Waals surface area contributed by atoms with Gasteiger partial charge in [-0.05, 0) is 25.7 Å². The number of carbonyl (C=O) groups excluding carboxylic acids is 1. The number of nitrogens with zero attached hydrogens (tertiary/aromatic N) is 6. The summed E-state index contributed by atoms with van der Waals surface area (Å²) in [6, 6.07) is 0.245. The summed E-state index contributed by atoms with van der Waals surface area (Å²) in [5.41, 5.74) is 0.283. The molecule has 2 aromatic rings. The van der Waals surface area contributed by atoms with Crippen molar-refractivity contribution in [3.63, 3.8) is 0 Å². The van der Waals surface area contributed by atoms with Crippen LogP contribution in [0, 0.1) is 0 Å². The molecule has 0 radical (unpaired) electrons. The largest absolute Gasteiger partial charge is 0.383 e. The maximum Gasteiger partial charge on any atom is 0.346 e. The number of carbonyl (C=O) groups is 1. The van der Waals surface area contributed by atoms with Gasteiger partial charge in [0.2, 0.25) is 0 Å². The predicted octanol–water partition coefficient (Wildman–Crippen LogP) is 0.836. The van der Waals surface area contributed by atoms with Gasteiger partial charge in [0.25, 0.3) is 5.91 Å². The number of piperidine rings is 1. The zero-order chi connectivity index (χ0) is 18.8. The molecule has 1 saturated carbocycles. The predicted molar refractivity (Wildman–Crippen MR) is 96.5 cm³/mol. The molecule has 2 aliphatic rings. The van der Waals surface area contributed by atoms with Crippen molar-refractivity contribution in [2.45, 2.75) is 44.2 Å². The number of aromatic nitrogens is 5.